The van der Waals surface area contributed by atoms with Gasteiger partial charge in [0.1, 0.15) is 5.82 Å². The number of nitrogen functional groups attached to an aromatic ring is 1. The van der Waals surface area contributed by atoms with Gasteiger partial charge in [0, 0.05) is 25.4 Å². The fraction of sp³-hybridized carbons (Fsp3) is 0.500. The van der Waals surface area contributed by atoms with Gasteiger partial charge in [-0.1, -0.05) is 0 Å². The van der Waals surface area contributed by atoms with Gasteiger partial charge in [-0.15, -0.1) is 0 Å². The number of anilines is 2. The molecule has 0 aliphatic carbocycles. The van der Waals surface area contributed by atoms with E-state index in [1.807, 2.05) is 6.92 Å². The zero-order valence-corrected chi connectivity index (χ0v) is 7.87. The predicted octanol–water partition coefficient (Wildman–Crippen LogP) is 0.426. The smallest absolute Gasteiger partial charge is 0.221 e. The molecule has 3 N–H and O–H groups in total. The van der Waals surface area contributed by atoms with Gasteiger partial charge in [-0.25, -0.2) is 4.98 Å². The fourth-order valence-corrected chi connectivity index (χ4v) is 0.906. The molecule has 1 rings (SSSR count). The number of nitrogens with zero attached hydrogens (tertiary/aromatic N) is 2. The summed E-state index contributed by atoms with van der Waals surface area (Å²) in [5.41, 5.74) is 6.42. The van der Waals surface area contributed by atoms with Crippen LogP contribution in [-0.2, 0) is 4.74 Å². The molecule has 1 aromatic heterocycles. The third kappa shape index (κ3) is 2.87. The molecule has 72 valence electrons. The third-order valence-electron chi connectivity index (χ3n) is 1.59. The molecule has 0 unspecified atom stereocenters. The molecule has 0 aromatic carbocycles. The summed E-state index contributed by atoms with van der Waals surface area (Å²) in [5.74, 6) is 1.05. The number of methoxy groups -OCH3 is 1. The molecular weight excluding hydrogens is 168 g/mol. The first-order chi connectivity index (χ1) is 6.24. The molecule has 0 bridgehead atoms. The fourth-order valence-electron chi connectivity index (χ4n) is 0.906. The van der Waals surface area contributed by atoms with Crippen LogP contribution in [0.25, 0.3) is 0 Å². The normalized spacial score (nSPS) is 10.0. The SMILES string of the molecule is COCCNc1nc(N)ncc1C. The summed E-state index contributed by atoms with van der Waals surface area (Å²) in [4.78, 5) is 7.91. The van der Waals surface area contributed by atoms with Gasteiger partial charge in [-0.05, 0) is 6.92 Å². The first-order valence-electron chi connectivity index (χ1n) is 4.06. The van der Waals surface area contributed by atoms with Gasteiger partial charge < -0.3 is 15.8 Å². The lowest BCUT2D eigenvalue weighted by atomic mass is 10.3. The predicted molar refractivity (Wildman–Crippen MR) is 51.5 cm³/mol. The van der Waals surface area contributed by atoms with E-state index in [0.717, 1.165) is 11.4 Å². The molecule has 0 fully saturated rings. The molecule has 0 aliphatic rings. The number of rotatable bonds is 4. The van der Waals surface area contributed by atoms with Crippen molar-refractivity contribution < 1.29 is 4.74 Å². The molecule has 0 atom stereocenters. The van der Waals surface area contributed by atoms with Crippen LogP contribution in [-0.4, -0.2) is 30.2 Å². The maximum absolute atomic E-state index is 5.44. The summed E-state index contributed by atoms with van der Waals surface area (Å²) in [6.07, 6.45) is 1.69. The molecule has 5 nitrogen and oxygen atoms in total. The average molecular weight is 182 g/mol. The second-order valence-electron chi connectivity index (χ2n) is 2.68. The van der Waals surface area contributed by atoms with E-state index in [-0.39, 0.29) is 5.95 Å². The van der Waals surface area contributed by atoms with Gasteiger partial charge >= 0.3 is 0 Å². The van der Waals surface area contributed by atoms with Crippen molar-refractivity contribution in [3.05, 3.63) is 11.8 Å². The Hall–Kier alpha value is -1.36. The Morgan fingerprint density at radius 2 is 2.38 bits per heavy atom. The molecule has 0 spiro atoms. The number of hydrogen-bond donors (Lipinski definition) is 2. The van der Waals surface area contributed by atoms with Crippen LogP contribution in [0.4, 0.5) is 11.8 Å². The molecule has 0 saturated carbocycles. The second-order valence-corrected chi connectivity index (χ2v) is 2.68. The quantitative estimate of drug-likeness (QED) is 0.660. The first-order valence-corrected chi connectivity index (χ1v) is 4.06. The summed E-state index contributed by atoms with van der Waals surface area (Å²) in [6, 6.07) is 0. The monoisotopic (exact) mass is 182 g/mol. The van der Waals surface area contributed by atoms with E-state index in [1.165, 1.54) is 0 Å². The molecule has 1 aromatic rings. The number of aromatic nitrogens is 2. The van der Waals surface area contributed by atoms with Crippen LogP contribution in [0.5, 0.6) is 0 Å². The van der Waals surface area contributed by atoms with Crippen LogP contribution in [0, 0.1) is 6.92 Å². The molecule has 1 heterocycles. The van der Waals surface area contributed by atoms with Crippen LogP contribution >= 0.6 is 0 Å². The minimum atomic E-state index is 0.283. The Morgan fingerprint density at radius 3 is 3.08 bits per heavy atom. The zero-order valence-electron chi connectivity index (χ0n) is 7.87. The summed E-state index contributed by atoms with van der Waals surface area (Å²) in [7, 11) is 1.66. The highest BCUT2D eigenvalue weighted by molar-refractivity contribution is 5.44. The van der Waals surface area contributed by atoms with Gasteiger partial charge in [0.2, 0.25) is 5.95 Å². The summed E-state index contributed by atoms with van der Waals surface area (Å²) < 4.78 is 4.90. The second kappa shape index (κ2) is 4.61. The number of hydrogen-bond acceptors (Lipinski definition) is 5. The maximum atomic E-state index is 5.44. The van der Waals surface area contributed by atoms with Crippen LogP contribution in [0.2, 0.25) is 0 Å². The molecule has 5 heteroatoms. The molecule has 0 saturated heterocycles. The lowest BCUT2D eigenvalue weighted by molar-refractivity contribution is 0.210. The van der Waals surface area contributed by atoms with Gasteiger partial charge in [0.15, 0.2) is 0 Å². The van der Waals surface area contributed by atoms with E-state index in [9.17, 15) is 0 Å². The van der Waals surface area contributed by atoms with E-state index >= 15 is 0 Å². The minimum Gasteiger partial charge on any atom is -0.383 e. The van der Waals surface area contributed by atoms with Crippen LogP contribution in [0.1, 0.15) is 5.56 Å². The average Bonchev–Trinajstić information content (AvgIpc) is 2.11. The Morgan fingerprint density at radius 1 is 1.62 bits per heavy atom. The molecule has 13 heavy (non-hydrogen) atoms. The van der Waals surface area contributed by atoms with Crippen molar-refractivity contribution in [3.8, 4) is 0 Å². The topological polar surface area (TPSA) is 73.1 Å². The van der Waals surface area contributed by atoms with Gasteiger partial charge in [-0.2, -0.15) is 4.98 Å². The molecule has 0 aliphatic heterocycles. The van der Waals surface area contributed by atoms with Crippen molar-refractivity contribution in [2.24, 2.45) is 0 Å². The summed E-state index contributed by atoms with van der Waals surface area (Å²) in [5, 5.41) is 3.10. The highest BCUT2D eigenvalue weighted by Crippen LogP contribution is 2.09. The minimum absolute atomic E-state index is 0.283. The van der Waals surface area contributed by atoms with Crippen LogP contribution in [0.3, 0.4) is 0 Å². The van der Waals surface area contributed by atoms with E-state index in [2.05, 4.69) is 15.3 Å². The standard InChI is InChI=1S/C8H14N4O/c1-6-5-11-8(9)12-7(6)10-3-4-13-2/h5H,3-4H2,1-2H3,(H3,9,10,11,12). The Labute approximate surface area is 77.3 Å². The van der Waals surface area contributed by atoms with Crippen LogP contribution < -0.4 is 11.1 Å². The Bertz CT molecular complexity index is 277. The lowest BCUT2D eigenvalue weighted by Crippen LogP contribution is -2.11. The largest absolute Gasteiger partial charge is 0.383 e. The number of nitrogens with one attached hydrogen (secondary N) is 1. The molecule has 0 amide bonds. The van der Waals surface area contributed by atoms with Gasteiger partial charge in [0.25, 0.3) is 0 Å². The van der Waals surface area contributed by atoms with Crippen molar-refractivity contribution in [2.75, 3.05) is 31.3 Å². The summed E-state index contributed by atoms with van der Waals surface area (Å²) >= 11 is 0. The van der Waals surface area contributed by atoms with Crippen molar-refractivity contribution in [1.82, 2.24) is 9.97 Å². The maximum Gasteiger partial charge on any atom is 0.221 e. The number of aryl methyl sites for hydroxylation is 1. The Kier molecular flexibility index (Phi) is 3.45. The van der Waals surface area contributed by atoms with E-state index < -0.39 is 0 Å². The number of nitrogens with two attached hydrogens (primary N) is 1. The van der Waals surface area contributed by atoms with Gasteiger partial charge in [-0.3, -0.25) is 0 Å². The van der Waals surface area contributed by atoms with Crippen molar-refractivity contribution in [3.63, 3.8) is 0 Å². The zero-order chi connectivity index (χ0) is 9.68. The first kappa shape index (κ1) is 9.73. The summed E-state index contributed by atoms with van der Waals surface area (Å²) in [6.45, 7) is 3.28. The molecule has 0 radical (unpaired) electrons. The number of ether oxygens (including phenoxy) is 1. The third-order valence-corrected chi connectivity index (χ3v) is 1.59. The lowest BCUT2D eigenvalue weighted by Gasteiger charge is -2.07. The van der Waals surface area contributed by atoms with Crippen molar-refractivity contribution in [2.45, 2.75) is 6.92 Å². The van der Waals surface area contributed by atoms with Crippen LogP contribution in [0.15, 0.2) is 6.20 Å². The van der Waals surface area contributed by atoms with Gasteiger partial charge in [0.05, 0.1) is 6.61 Å². The van der Waals surface area contributed by atoms with E-state index in [0.29, 0.717) is 13.2 Å². The molecular formula is C8H14N4O. The highest BCUT2D eigenvalue weighted by atomic mass is 16.5. The van der Waals surface area contributed by atoms with Crippen molar-refractivity contribution in [1.29, 1.82) is 0 Å². The highest BCUT2D eigenvalue weighted by Gasteiger charge is 1.99. The van der Waals surface area contributed by atoms with E-state index in [1.54, 1.807) is 13.3 Å². The van der Waals surface area contributed by atoms with E-state index in [4.69, 9.17) is 10.5 Å². The van der Waals surface area contributed by atoms with Crippen molar-refractivity contribution >= 4 is 11.8 Å². The Balaban J connectivity index is 2.59.